The van der Waals surface area contributed by atoms with Gasteiger partial charge in [0.15, 0.2) is 28.9 Å². The molecule has 4 aliphatic rings. The van der Waals surface area contributed by atoms with Crippen molar-refractivity contribution in [2.45, 2.75) is 49.7 Å². The molecule has 2 heterocycles. The third-order valence-corrected chi connectivity index (χ3v) is 7.43. The van der Waals surface area contributed by atoms with E-state index in [1.54, 1.807) is 18.2 Å². The van der Waals surface area contributed by atoms with Crippen molar-refractivity contribution in [3.05, 3.63) is 69.8 Å². The average Bonchev–Trinajstić information content (AvgIpc) is 3.57. The number of benzene rings is 2. The van der Waals surface area contributed by atoms with Gasteiger partial charge in [0, 0.05) is 16.7 Å². The zero-order chi connectivity index (χ0) is 24.7. The Morgan fingerprint density at radius 1 is 1.09 bits per heavy atom. The van der Waals surface area contributed by atoms with Crippen molar-refractivity contribution in [2.24, 2.45) is 0 Å². The van der Waals surface area contributed by atoms with Crippen LogP contribution >= 0.6 is 0 Å². The molecule has 35 heavy (non-hydrogen) atoms. The van der Waals surface area contributed by atoms with Crippen LogP contribution in [-0.4, -0.2) is 50.7 Å². The van der Waals surface area contributed by atoms with Crippen LogP contribution in [0.5, 0.6) is 5.75 Å². The summed E-state index contributed by atoms with van der Waals surface area (Å²) in [5.41, 5.74) is -1.21. The fourth-order valence-corrected chi connectivity index (χ4v) is 5.71. The number of allylic oxidation sites excluding steroid dienone is 2. The highest BCUT2D eigenvalue weighted by Crippen LogP contribution is 2.67. The van der Waals surface area contributed by atoms with Gasteiger partial charge in [-0.3, -0.25) is 9.59 Å². The van der Waals surface area contributed by atoms with Gasteiger partial charge in [-0.2, -0.15) is 0 Å². The number of carbonyl (C=O) groups is 2. The number of nitrogens with one attached hydrogen (secondary N) is 1. The molecule has 0 aromatic heterocycles. The molecule has 2 aliphatic carbocycles. The van der Waals surface area contributed by atoms with E-state index in [4.69, 9.17) is 4.74 Å². The van der Waals surface area contributed by atoms with Crippen LogP contribution in [0, 0.1) is 23.7 Å². The molecular weight excluding hydrogens is 446 g/mol. The van der Waals surface area contributed by atoms with Gasteiger partial charge >= 0.3 is 0 Å². The van der Waals surface area contributed by atoms with E-state index in [0.717, 1.165) is 5.56 Å². The lowest BCUT2D eigenvalue weighted by Gasteiger charge is -2.37. The number of fused-ring (bicyclic) bond motifs is 4. The lowest BCUT2D eigenvalue weighted by atomic mass is 9.69. The Morgan fingerprint density at radius 3 is 2.51 bits per heavy atom. The van der Waals surface area contributed by atoms with Crippen LogP contribution in [0.1, 0.15) is 56.8 Å². The second kappa shape index (κ2) is 7.07. The van der Waals surface area contributed by atoms with Gasteiger partial charge in [0.2, 0.25) is 0 Å². The van der Waals surface area contributed by atoms with Crippen LogP contribution in [-0.2, 0) is 16.8 Å². The number of rotatable bonds is 2. The summed E-state index contributed by atoms with van der Waals surface area (Å²) in [5.74, 6) is 10.00. The SMILES string of the molecule is CCc1ccc2c(c1)C(=O)c1c3c(cc(O)c1C2=O)[C@@]12O[C@@]1([C@@H](C)O)[C@H](C#C/C=C\C#C[C@H]2O)N3. The van der Waals surface area contributed by atoms with Crippen LogP contribution in [0.3, 0.4) is 0 Å². The Balaban J connectivity index is 1.67. The summed E-state index contributed by atoms with van der Waals surface area (Å²) in [5, 5.41) is 36.2. The summed E-state index contributed by atoms with van der Waals surface area (Å²) in [6.45, 7) is 3.48. The summed E-state index contributed by atoms with van der Waals surface area (Å²) in [7, 11) is 0. The number of phenolic OH excluding ortho intramolecular Hbond substituents is 1. The molecular formula is C28H21NO6. The normalized spacial score (nSPS) is 30.5. The number of hydrogen-bond donors (Lipinski definition) is 4. The fourth-order valence-electron chi connectivity index (χ4n) is 5.71. The number of phenols is 1. The summed E-state index contributed by atoms with van der Waals surface area (Å²) >= 11 is 0. The largest absolute Gasteiger partial charge is 0.507 e. The molecule has 6 rings (SSSR count). The minimum Gasteiger partial charge on any atom is -0.507 e. The molecule has 2 aliphatic heterocycles. The first kappa shape index (κ1) is 21.6. The molecule has 0 unspecified atom stereocenters. The molecule has 1 saturated heterocycles. The number of carbonyl (C=O) groups excluding carboxylic acids is 2. The van der Waals surface area contributed by atoms with E-state index in [1.807, 2.05) is 6.92 Å². The molecule has 2 bridgehead atoms. The van der Waals surface area contributed by atoms with Crippen molar-refractivity contribution in [1.82, 2.24) is 0 Å². The first-order valence-electron chi connectivity index (χ1n) is 11.4. The topological polar surface area (TPSA) is 119 Å². The number of anilines is 1. The van der Waals surface area contributed by atoms with Gasteiger partial charge in [0.1, 0.15) is 11.8 Å². The van der Waals surface area contributed by atoms with Gasteiger partial charge in [-0.25, -0.2) is 0 Å². The van der Waals surface area contributed by atoms with Crippen LogP contribution in [0.25, 0.3) is 0 Å². The number of hydrogen-bond acceptors (Lipinski definition) is 7. The summed E-state index contributed by atoms with van der Waals surface area (Å²) in [6.07, 6.45) is 1.20. The van der Waals surface area contributed by atoms with Gasteiger partial charge in [0.05, 0.1) is 22.9 Å². The van der Waals surface area contributed by atoms with Gasteiger partial charge < -0.3 is 25.4 Å². The first-order chi connectivity index (χ1) is 16.8. The van der Waals surface area contributed by atoms with E-state index >= 15 is 0 Å². The molecule has 0 spiro atoms. The Hall–Kier alpha value is -3.88. The fraction of sp³-hybridized carbons (Fsp3) is 0.286. The third kappa shape index (κ3) is 2.53. The van der Waals surface area contributed by atoms with E-state index < -0.39 is 46.8 Å². The lowest BCUT2D eigenvalue weighted by Crippen LogP contribution is -2.54. The second-order valence-corrected chi connectivity index (χ2v) is 9.16. The molecule has 4 N–H and O–H groups in total. The van der Waals surface area contributed by atoms with Gasteiger partial charge in [-0.15, -0.1) is 0 Å². The predicted octanol–water partition coefficient (Wildman–Crippen LogP) is 1.81. The number of aryl methyl sites for hydroxylation is 1. The Kier molecular flexibility index (Phi) is 4.37. The summed E-state index contributed by atoms with van der Waals surface area (Å²) < 4.78 is 6.16. The third-order valence-electron chi connectivity index (χ3n) is 7.43. The smallest absolute Gasteiger partial charge is 0.198 e. The van der Waals surface area contributed by atoms with Crippen molar-refractivity contribution >= 4 is 17.3 Å². The zero-order valence-corrected chi connectivity index (χ0v) is 19.0. The van der Waals surface area contributed by atoms with Crippen molar-refractivity contribution in [2.75, 3.05) is 5.32 Å². The molecule has 7 heteroatoms. The number of aliphatic hydroxyl groups excluding tert-OH is 2. The molecule has 5 atom stereocenters. The molecule has 7 nitrogen and oxygen atoms in total. The Bertz CT molecular complexity index is 1510. The molecule has 1 fully saturated rings. The molecule has 0 saturated carbocycles. The van der Waals surface area contributed by atoms with E-state index in [0.29, 0.717) is 6.42 Å². The van der Waals surface area contributed by atoms with Crippen molar-refractivity contribution < 1.29 is 29.6 Å². The van der Waals surface area contributed by atoms with Crippen LogP contribution in [0.2, 0.25) is 0 Å². The number of ether oxygens (including phenoxy) is 1. The minimum absolute atomic E-state index is 0.000573. The number of aliphatic hydroxyl groups is 2. The average molecular weight is 467 g/mol. The quantitative estimate of drug-likeness (QED) is 0.258. The predicted molar refractivity (Wildman–Crippen MR) is 126 cm³/mol. The maximum Gasteiger partial charge on any atom is 0.198 e. The van der Waals surface area contributed by atoms with Crippen molar-refractivity contribution in [1.29, 1.82) is 0 Å². The number of aromatic hydroxyl groups is 1. The van der Waals surface area contributed by atoms with Crippen LogP contribution in [0.15, 0.2) is 36.4 Å². The molecule has 0 radical (unpaired) electrons. The van der Waals surface area contributed by atoms with E-state index in [9.17, 15) is 24.9 Å². The van der Waals surface area contributed by atoms with Gasteiger partial charge in [-0.1, -0.05) is 42.7 Å². The van der Waals surface area contributed by atoms with E-state index in [-0.39, 0.29) is 33.5 Å². The van der Waals surface area contributed by atoms with Crippen molar-refractivity contribution in [3.8, 4) is 29.4 Å². The molecule has 2 aromatic rings. The molecule has 174 valence electrons. The minimum atomic E-state index is -1.57. The monoisotopic (exact) mass is 467 g/mol. The first-order valence-corrected chi connectivity index (χ1v) is 11.4. The lowest BCUT2D eigenvalue weighted by molar-refractivity contribution is 0.0867. The Labute approximate surface area is 201 Å². The van der Waals surface area contributed by atoms with Gasteiger partial charge in [0.25, 0.3) is 0 Å². The van der Waals surface area contributed by atoms with Gasteiger partial charge in [-0.05, 0) is 43.2 Å². The zero-order valence-electron chi connectivity index (χ0n) is 19.0. The number of epoxide rings is 1. The van der Waals surface area contributed by atoms with E-state index in [1.165, 1.54) is 25.1 Å². The van der Waals surface area contributed by atoms with Crippen LogP contribution < -0.4 is 5.32 Å². The summed E-state index contributed by atoms with van der Waals surface area (Å²) in [4.78, 5) is 27.3. The second-order valence-electron chi connectivity index (χ2n) is 9.16. The standard InChI is InChI=1S/C28H21NO6/c1-3-15-10-11-16-17(12-15)26(34)23-22(25(16)33)19(31)13-18-24(23)29-20-8-6-4-5-7-9-21(32)28(18)27(20,35-28)14(2)30/h4-5,10-14,20-21,29-32H,3H2,1-2H3/b5-4-/t14-,20+,21-,27+,28+/m1/s1. The highest BCUT2D eigenvalue weighted by Gasteiger charge is 2.82. The molecule has 0 amide bonds. The highest BCUT2D eigenvalue weighted by molar-refractivity contribution is 6.31. The van der Waals surface area contributed by atoms with Crippen LogP contribution in [0.4, 0.5) is 5.69 Å². The summed E-state index contributed by atoms with van der Waals surface area (Å²) in [6, 6.07) is 5.58. The maximum atomic E-state index is 13.8. The number of ketones is 2. The Morgan fingerprint density at radius 2 is 1.80 bits per heavy atom. The van der Waals surface area contributed by atoms with Crippen molar-refractivity contribution in [3.63, 3.8) is 0 Å². The molecule has 2 aromatic carbocycles. The maximum absolute atomic E-state index is 13.8. The van der Waals surface area contributed by atoms with E-state index in [2.05, 4.69) is 29.0 Å². The highest BCUT2D eigenvalue weighted by atomic mass is 16.7.